The first-order chi connectivity index (χ1) is 13.8. The fourth-order valence-corrected chi connectivity index (χ4v) is 4.45. The molecule has 0 aromatic heterocycles. The van der Waals surface area contributed by atoms with Crippen LogP contribution in [0.2, 0.25) is 5.02 Å². The molecule has 29 heavy (non-hydrogen) atoms. The molecule has 150 valence electrons. The summed E-state index contributed by atoms with van der Waals surface area (Å²) in [5.41, 5.74) is 2.50. The smallest absolute Gasteiger partial charge is 0.263 e. The molecule has 0 aliphatic carbocycles. The van der Waals surface area contributed by atoms with Gasteiger partial charge in [-0.3, -0.25) is 9.52 Å². The number of rotatable bonds is 6. The average Bonchev–Trinajstić information content (AvgIpc) is 2.68. The van der Waals surface area contributed by atoms with Crippen LogP contribution in [0.15, 0.2) is 77.7 Å². The van der Waals surface area contributed by atoms with E-state index in [1.54, 1.807) is 18.2 Å². The van der Waals surface area contributed by atoms with Crippen molar-refractivity contribution in [1.29, 1.82) is 0 Å². The van der Waals surface area contributed by atoms with Gasteiger partial charge in [-0.25, -0.2) is 8.42 Å². The molecule has 0 aliphatic rings. The lowest BCUT2D eigenvalue weighted by atomic mass is 10.1. The molecule has 2 N–H and O–H groups in total. The molecule has 0 saturated carbocycles. The summed E-state index contributed by atoms with van der Waals surface area (Å²) < 4.78 is 28.2. The highest BCUT2D eigenvalue weighted by Gasteiger charge is 2.21. The third-order valence-corrected chi connectivity index (χ3v) is 6.26. The Balaban J connectivity index is 1.84. The standard InChI is InChI=1S/C22H21ClN2O3S/c1-15-7-6-10-19(13-15)25-29(27,28)21-14-18(11-12-20(21)23)22(26)24-16(2)17-8-4-3-5-9-17/h3-14,16,25H,1-2H3,(H,24,26)/t16-/m1/s1. The Morgan fingerprint density at radius 3 is 2.38 bits per heavy atom. The molecule has 1 amide bonds. The SMILES string of the molecule is Cc1cccc(NS(=O)(=O)c2cc(C(=O)N[C@H](C)c3ccccc3)ccc2Cl)c1. The van der Waals surface area contributed by atoms with E-state index in [9.17, 15) is 13.2 Å². The Kier molecular flexibility index (Phi) is 6.25. The number of anilines is 1. The fraction of sp³-hybridized carbons (Fsp3) is 0.136. The lowest BCUT2D eigenvalue weighted by Crippen LogP contribution is -2.27. The third-order valence-electron chi connectivity index (χ3n) is 4.40. The number of hydrogen-bond donors (Lipinski definition) is 2. The van der Waals surface area contributed by atoms with Crippen molar-refractivity contribution in [2.24, 2.45) is 0 Å². The summed E-state index contributed by atoms with van der Waals surface area (Å²) in [4.78, 5) is 12.5. The van der Waals surface area contributed by atoms with Gasteiger partial charge in [-0.05, 0) is 55.3 Å². The summed E-state index contributed by atoms with van der Waals surface area (Å²) in [5.74, 6) is -0.384. The first kappa shape index (κ1) is 20.9. The number of sulfonamides is 1. The summed E-state index contributed by atoms with van der Waals surface area (Å²) >= 11 is 6.13. The van der Waals surface area contributed by atoms with Gasteiger partial charge in [0.2, 0.25) is 0 Å². The van der Waals surface area contributed by atoms with Crippen molar-refractivity contribution >= 4 is 33.2 Å². The molecule has 1 atom stereocenters. The van der Waals surface area contributed by atoms with Gasteiger partial charge < -0.3 is 5.32 Å². The van der Waals surface area contributed by atoms with Crippen LogP contribution in [0, 0.1) is 6.92 Å². The molecule has 0 radical (unpaired) electrons. The Bertz CT molecular complexity index is 1130. The normalized spacial score (nSPS) is 12.2. The minimum absolute atomic E-state index is 0.0396. The second-order valence-corrected chi connectivity index (χ2v) is 8.78. The van der Waals surface area contributed by atoms with Gasteiger partial charge in [0.05, 0.1) is 11.1 Å². The summed E-state index contributed by atoms with van der Waals surface area (Å²) in [6, 6.07) is 20.4. The second-order valence-electron chi connectivity index (χ2n) is 6.73. The molecule has 7 heteroatoms. The van der Waals surface area contributed by atoms with Gasteiger partial charge in [-0.15, -0.1) is 0 Å². The van der Waals surface area contributed by atoms with Crippen LogP contribution in [0.3, 0.4) is 0 Å². The van der Waals surface area contributed by atoms with Gasteiger partial charge in [0.15, 0.2) is 0 Å². The maximum Gasteiger partial charge on any atom is 0.263 e. The van der Waals surface area contributed by atoms with E-state index < -0.39 is 10.0 Å². The topological polar surface area (TPSA) is 75.3 Å². The first-order valence-electron chi connectivity index (χ1n) is 9.01. The number of carbonyl (C=O) groups excluding carboxylic acids is 1. The van der Waals surface area contributed by atoms with Crippen LogP contribution < -0.4 is 10.0 Å². The van der Waals surface area contributed by atoms with Crippen molar-refractivity contribution in [3.8, 4) is 0 Å². The molecule has 3 rings (SSSR count). The summed E-state index contributed by atoms with van der Waals surface area (Å²) in [7, 11) is -3.96. The predicted octanol–water partition coefficient (Wildman–Crippen LogP) is 4.94. The van der Waals surface area contributed by atoms with E-state index in [4.69, 9.17) is 11.6 Å². The number of carbonyl (C=O) groups is 1. The van der Waals surface area contributed by atoms with E-state index in [-0.39, 0.29) is 27.4 Å². The zero-order chi connectivity index (χ0) is 21.0. The van der Waals surface area contributed by atoms with Crippen molar-refractivity contribution < 1.29 is 13.2 Å². The zero-order valence-electron chi connectivity index (χ0n) is 16.0. The van der Waals surface area contributed by atoms with Crippen molar-refractivity contribution in [2.45, 2.75) is 24.8 Å². The largest absolute Gasteiger partial charge is 0.346 e. The molecule has 0 spiro atoms. The number of halogens is 1. The van der Waals surface area contributed by atoms with E-state index in [1.807, 2.05) is 50.2 Å². The van der Waals surface area contributed by atoms with Crippen LogP contribution in [0.25, 0.3) is 0 Å². The minimum Gasteiger partial charge on any atom is -0.346 e. The average molecular weight is 429 g/mol. The highest BCUT2D eigenvalue weighted by atomic mass is 35.5. The Morgan fingerprint density at radius 2 is 1.69 bits per heavy atom. The lowest BCUT2D eigenvalue weighted by Gasteiger charge is -2.15. The van der Waals surface area contributed by atoms with E-state index >= 15 is 0 Å². The van der Waals surface area contributed by atoms with E-state index in [2.05, 4.69) is 10.0 Å². The summed E-state index contributed by atoms with van der Waals surface area (Å²) in [6.45, 7) is 3.73. The van der Waals surface area contributed by atoms with E-state index in [0.29, 0.717) is 5.69 Å². The van der Waals surface area contributed by atoms with Crippen LogP contribution >= 0.6 is 11.6 Å². The number of nitrogens with one attached hydrogen (secondary N) is 2. The van der Waals surface area contributed by atoms with Crippen LogP contribution in [0.4, 0.5) is 5.69 Å². The predicted molar refractivity (Wildman–Crippen MR) is 116 cm³/mol. The fourth-order valence-electron chi connectivity index (χ4n) is 2.87. The third kappa shape index (κ3) is 5.16. The Hall–Kier alpha value is -2.83. The molecule has 3 aromatic rings. The highest BCUT2D eigenvalue weighted by Crippen LogP contribution is 2.26. The van der Waals surface area contributed by atoms with Crippen LogP contribution in [-0.2, 0) is 10.0 Å². The zero-order valence-corrected chi connectivity index (χ0v) is 17.6. The van der Waals surface area contributed by atoms with Crippen molar-refractivity contribution in [3.05, 3.63) is 94.5 Å². The van der Waals surface area contributed by atoms with Gasteiger partial charge in [-0.1, -0.05) is 54.1 Å². The van der Waals surface area contributed by atoms with Crippen LogP contribution in [0.1, 0.15) is 34.5 Å². The van der Waals surface area contributed by atoms with Crippen molar-refractivity contribution in [2.75, 3.05) is 4.72 Å². The Labute approximate surface area is 175 Å². The molecule has 3 aromatic carbocycles. The number of aryl methyl sites for hydroxylation is 1. The number of benzene rings is 3. The van der Waals surface area contributed by atoms with Crippen LogP contribution in [-0.4, -0.2) is 14.3 Å². The molecular weight excluding hydrogens is 408 g/mol. The van der Waals surface area contributed by atoms with Gasteiger partial charge in [0, 0.05) is 11.3 Å². The van der Waals surface area contributed by atoms with E-state index in [0.717, 1.165) is 11.1 Å². The molecule has 0 saturated heterocycles. The maximum absolute atomic E-state index is 12.8. The second kappa shape index (κ2) is 8.68. The number of amides is 1. The summed E-state index contributed by atoms with van der Waals surface area (Å²) in [6.07, 6.45) is 0. The quantitative estimate of drug-likeness (QED) is 0.583. The van der Waals surface area contributed by atoms with Crippen molar-refractivity contribution in [1.82, 2.24) is 5.32 Å². The van der Waals surface area contributed by atoms with Crippen LogP contribution in [0.5, 0.6) is 0 Å². The molecule has 0 bridgehead atoms. The first-order valence-corrected chi connectivity index (χ1v) is 10.9. The van der Waals surface area contributed by atoms with Crippen molar-refractivity contribution in [3.63, 3.8) is 0 Å². The Morgan fingerprint density at radius 1 is 0.966 bits per heavy atom. The molecule has 0 fully saturated rings. The summed E-state index contributed by atoms with van der Waals surface area (Å²) in [5, 5.41) is 2.91. The molecule has 0 heterocycles. The van der Waals surface area contributed by atoms with Gasteiger partial charge in [-0.2, -0.15) is 0 Å². The molecule has 0 unspecified atom stereocenters. The molecular formula is C22H21ClN2O3S. The number of hydrogen-bond acceptors (Lipinski definition) is 3. The lowest BCUT2D eigenvalue weighted by molar-refractivity contribution is 0.0939. The molecule has 0 aliphatic heterocycles. The monoisotopic (exact) mass is 428 g/mol. The highest BCUT2D eigenvalue weighted by molar-refractivity contribution is 7.92. The van der Waals surface area contributed by atoms with Gasteiger partial charge >= 0.3 is 0 Å². The van der Waals surface area contributed by atoms with Gasteiger partial charge in [0.1, 0.15) is 4.90 Å². The maximum atomic E-state index is 12.8. The molecule has 5 nitrogen and oxygen atoms in total. The minimum atomic E-state index is -3.96. The van der Waals surface area contributed by atoms with E-state index in [1.165, 1.54) is 18.2 Å². The van der Waals surface area contributed by atoms with Gasteiger partial charge in [0.25, 0.3) is 15.9 Å².